The second-order valence-electron chi connectivity index (χ2n) is 6.23. The highest BCUT2D eigenvalue weighted by atomic mass is 35.5. The summed E-state index contributed by atoms with van der Waals surface area (Å²) >= 11 is 7.29. The monoisotopic (exact) mass is 444 g/mol. The third-order valence-electron chi connectivity index (χ3n) is 4.48. The van der Waals surface area contributed by atoms with E-state index in [0.29, 0.717) is 11.7 Å². The van der Waals surface area contributed by atoms with Gasteiger partial charge >= 0.3 is 0 Å². The van der Waals surface area contributed by atoms with Crippen molar-refractivity contribution >= 4 is 34.0 Å². The van der Waals surface area contributed by atoms with Crippen LogP contribution in [-0.2, 0) is 9.53 Å². The Kier molecular flexibility index (Phi) is 9.47. The number of morpholine rings is 1. The van der Waals surface area contributed by atoms with E-state index in [2.05, 4.69) is 9.88 Å². The summed E-state index contributed by atoms with van der Waals surface area (Å²) in [5.41, 5.74) is 1.84. The first-order valence-electron chi connectivity index (χ1n) is 8.97. The Balaban J connectivity index is 0.00000280. The van der Waals surface area contributed by atoms with Crippen LogP contribution in [0.15, 0.2) is 29.6 Å². The minimum Gasteiger partial charge on any atom is -1.00 e. The number of alkyl halides is 1. The van der Waals surface area contributed by atoms with Crippen LogP contribution >= 0.6 is 22.9 Å². The Labute approximate surface area is 180 Å². The summed E-state index contributed by atoms with van der Waals surface area (Å²) in [7, 11) is 1.64. The van der Waals surface area contributed by atoms with Gasteiger partial charge in [0.1, 0.15) is 11.6 Å². The number of anilines is 1. The number of nitrogens with zero attached hydrogens (tertiary/aromatic N) is 3. The Morgan fingerprint density at radius 2 is 2.04 bits per heavy atom. The maximum atomic E-state index is 12.3. The zero-order valence-corrected chi connectivity index (χ0v) is 18.1. The Morgan fingerprint density at radius 1 is 1.32 bits per heavy atom. The SMILES string of the molecule is COc1ccc(-c2csc(N(CCCN3CCOCC3)C(=O)CCl)n2)cc1.[Cl-]. The van der Waals surface area contributed by atoms with Gasteiger partial charge in [-0.1, -0.05) is 0 Å². The maximum absolute atomic E-state index is 12.3. The minimum atomic E-state index is -0.116. The smallest absolute Gasteiger partial charge is 0.243 e. The topological polar surface area (TPSA) is 54.9 Å². The molecule has 0 aliphatic carbocycles. The summed E-state index contributed by atoms with van der Waals surface area (Å²) in [4.78, 5) is 21.1. The van der Waals surface area contributed by atoms with Crippen LogP contribution in [0.1, 0.15) is 6.42 Å². The van der Waals surface area contributed by atoms with Gasteiger partial charge < -0.3 is 21.9 Å². The number of aromatic nitrogens is 1. The molecule has 9 heteroatoms. The lowest BCUT2D eigenvalue weighted by Gasteiger charge is -2.27. The fourth-order valence-electron chi connectivity index (χ4n) is 2.96. The third-order valence-corrected chi connectivity index (χ3v) is 5.58. The van der Waals surface area contributed by atoms with Gasteiger partial charge in [0.05, 0.1) is 26.0 Å². The molecule has 1 aliphatic rings. The molecule has 0 N–H and O–H groups in total. The number of halogens is 2. The zero-order chi connectivity index (χ0) is 19.1. The number of ether oxygens (including phenoxy) is 2. The standard InChI is InChI=1S/C19H24ClN3O3S.ClH/c1-25-16-5-3-15(4-6-16)17-14-27-19(21-17)23(18(24)13-20)8-2-7-22-9-11-26-12-10-22;/h3-6,14H,2,7-13H2,1H3;1H/p-1. The van der Waals surface area contributed by atoms with Crippen molar-refractivity contribution in [3.63, 3.8) is 0 Å². The highest BCUT2D eigenvalue weighted by molar-refractivity contribution is 7.14. The molecule has 0 atom stereocenters. The number of carbonyl (C=O) groups excluding carboxylic acids is 1. The maximum Gasteiger partial charge on any atom is 0.243 e. The molecule has 2 heterocycles. The van der Waals surface area contributed by atoms with E-state index >= 15 is 0 Å². The van der Waals surface area contributed by atoms with Crippen molar-refractivity contribution in [3.05, 3.63) is 29.6 Å². The number of amides is 1. The molecule has 1 fully saturated rings. The predicted octanol–water partition coefficient (Wildman–Crippen LogP) is 0.117. The molecule has 1 amide bonds. The number of thiazole rings is 1. The second-order valence-corrected chi connectivity index (χ2v) is 7.33. The molecule has 0 radical (unpaired) electrons. The van der Waals surface area contributed by atoms with Gasteiger partial charge in [0.25, 0.3) is 0 Å². The average Bonchev–Trinajstić information content (AvgIpc) is 3.21. The van der Waals surface area contributed by atoms with E-state index in [9.17, 15) is 4.79 Å². The largest absolute Gasteiger partial charge is 1.00 e. The molecular formula is C19H24Cl2N3O3S-. The normalized spacial score (nSPS) is 14.4. The molecule has 1 saturated heterocycles. The summed E-state index contributed by atoms with van der Waals surface area (Å²) in [6, 6.07) is 7.73. The summed E-state index contributed by atoms with van der Waals surface area (Å²) in [5.74, 6) is 0.639. The lowest BCUT2D eigenvalue weighted by Crippen LogP contribution is -3.00. The fourth-order valence-corrected chi connectivity index (χ4v) is 3.98. The van der Waals surface area contributed by atoms with Crippen LogP contribution < -0.4 is 22.0 Å². The molecule has 1 aromatic heterocycles. The van der Waals surface area contributed by atoms with Gasteiger partial charge in [-0.25, -0.2) is 4.98 Å². The van der Waals surface area contributed by atoms with Crippen molar-refractivity contribution in [2.45, 2.75) is 6.42 Å². The molecule has 0 saturated carbocycles. The van der Waals surface area contributed by atoms with Gasteiger partial charge in [-0.05, 0) is 30.7 Å². The number of carbonyl (C=O) groups is 1. The summed E-state index contributed by atoms with van der Waals surface area (Å²) in [6.45, 7) is 5.00. The molecule has 0 unspecified atom stereocenters. The van der Waals surface area contributed by atoms with E-state index in [1.807, 2.05) is 29.6 Å². The molecule has 154 valence electrons. The van der Waals surface area contributed by atoms with Crippen LogP contribution in [0.2, 0.25) is 0 Å². The van der Waals surface area contributed by atoms with Crippen LogP contribution in [0.25, 0.3) is 11.3 Å². The van der Waals surface area contributed by atoms with Crippen LogP contribution in [0.5, 0.6) is 5.75 Å². The van der Waals surface area contributed by atoms with Gasteiger partial charge in [0.2, 0.25) is 5.91 Å². The van der Waals surface area contributed by atoms with Crippen LogP contribution in [-0.4, -0.2) is 68.2 Å². The van der Waals surface area contributed by atoms with E-state index in [1.54, 1.807) is 12.0 Å². The summed E-state index contributed by atoms with van der Waals surface area (Å²) < 4.78 is 10.6. The first kappa shape index (κ1) is 22.9. The van der Waals surface area contributed by atoms with Crippen LogP contribution in [0, 0.1) is 0 Å². The number of methoxy groups -OCH3 is 1. The van der Waals surface area contributed by atoms with E-state index < -0.39 is 0 Å². The molecule has 0 bridgehead atoms. The van der Waals surface area contributed by atoms with Gasteiger partial charge in [0, 0.05) is 37.1 Å². The van der Waals surface area contributed by atoms with Crippen molar-refractivity contribution in [1.29, 1.82) is 0 Å². The Morgan fingerprint density at radius 3 is 2.68 bits per heavy atom. The lowest BCUT2D eigenvalue weighted by atomic mass is 10.2. The highest BCUT2D eigenvalue weighted by Gasteiger charge is 2.19. The predicted molar refractivity (Wildman–Crippen MR) is 109 cm³/mol. The van der Waals surface area contributed by atoms with Gasteiger partial charge in [-0.3, -0.25) is 14.6 Å². The molecule has 28 heavy (non-hydrogen) atoms. The van der Waals surface area contributed by atoms with Crippen LogP contribution in [0.3, 0.4) is 0 Å². The Bertz CT molecular complexity index is 736. The first-order valence-corrected chi connectivity index (χ1v) is 10.4. The van der Waals surface area contributed by atoms with Crippen molar-refractivity contribution in [2.75, 3.05) is 57.3 Å². The van der Waals surface area contributed by atoms with Gasteiger partial charge in [0.15, 0.2) is 5.13 Å². The van der Waals surface area contributed by atoms with Gasteiger partial charge in [-0.15, -0.1) is 22.9 Å². The Hall–Kier alpha value is -1.38. The molecule has 1 aromatic carbocycles. The van der Waals surface area contributed by atoms with E-state index in [1.165, 1.54) is 11.3 Å². The molecule has 2 aromatic rings. The molecule has 1 aliphatic heterocycles. The first-order chi connectivity index (χ1) is 13.2. The highest BCUT2D eigenvalue weighted by Crippen LogP contribution is 2.29. The average molecular weight is 445 g/mol. The summed E-state index contributed by atoms with van der Waals surface area (Å²) in [5, 5.41) is 2.65. The second kappa shape index (κ2) is 11.6. The lowest BCUT2D eigenvalue weighted by molar-refractivity contribution is -0.116. The number of hydrogen-bond donors (Lipinski definition) is 0. The van der Waals surface area contributed by atoms with Crippen molar-refractivity contribution < 1.29 is 26.7 Å². The van der Waals surface area contributed by atoms with E-state index in [0.717, 1.165) is 56.3 Å². The van der Waals surface area contributed by atoms with E-state index in [-0.39, 0.29) is 24.2 Å². The quantitative estimate of drug-likeness (QED) is 0.541. The zero-order valence-electron chi connectivity index (χ0n) is 15.8. The van der Waals surface area contributed by atoms with Crippen molar-refractivity contribution in [2.24, 2.45) is 0 Å². The van der Waals surface area contributed by atoms with Gasteiger partial charge in [-0.2, -0.15) is 0 Å². The number of rotatable bonds is 8. The summed E-state index contributed by atoms with van der Waals surface area (Å²) in [6.07, 6.45) is 0.875. The molecule has 6 nitrogen and oxygen atoms in total. The van der Waals surface area contributed by atoms with E-state index in [4.69, 9.17) is 21.1 Å². The molecule has 3 rings (SSSR count). The number of benzene rings is 1. The molecular weight excluding hydrogens is 421 g/mol. The number of hydrogen-bond acceptors (Lipinski definition) is 6. The van der Waals surface area contributed by atoms with Crippen molar-refractivity contribution in [1.82, 2.24) is 9.88 Å². The van der Waals surface area contributed by atoms with Crippen LogP contribution in [0.4, 0.5) is 5.13 Å². The molecule has 0 spiro atoms. The minimum absolute atomic E-state index is 0. The fraction of sp³-hybridized carbons (Fsp3) is 0.474. The third kappa shape index (κ3) is 6.06. The van der Waals surface area contributed by atoms with Crippen molar-refractivity contribution in [3.8, 4) is 17.0 Å².